The lowest BCUT2D eigenvalue weighted by molar-refractivity contribution is 0.406. The molecule has 0 amide bonds. The predicted octanol–water partition coefficient (Wildman–Crippen LogP) is 3.22. The first kappa shape index (κ1) is 11.1. The number of hydrogen-bond donors (Lipinski definition) is 0. The molecule has 0 atom stereocenters. The first-order chi connectivity index (χ1) is 6.70. The monoisotopic (exact) mass is 253 g/mol. The lowest BCUT2D eigenvalue weighted by atomic mass is 10.0. The third kappa shape index (κ3) is 2.27. The highest BCUT2D eigenvalue weighted by Crippen LogP contribution is 2.31. The predicted molar refractivity (Wildman–Crippen MR) is 59.4 cm³/mol. The Morgan fingerprint density at radius 2 is 2.21 bits per heavy atom. The molecule has 0 bridgehead atoms. The van der Waals surface area contributed by atoms with Gasteiger partial charge in [-0.1, -0.05) is 6.07 Å². The molecule has 0 heterocycles. The Labute approximate surface area is 92.6 Å². The molecule has 1 rings (SSSR count). The van der Waals surface area contributed by atoms with Gasteiger partial charge in [0.05, 0.1) is 17.7 Å². The van der Waals surface area contributed by atoms with E-state index < -0.39 is 0 Å². The highest BCUT2D eigenvalue weighted by Gasteiger charge is 2.09. The van der Waals surface area contributed by atoms with Gasteiger partial charge in [-0.3, -0.25) is 0 Å². The summed E-state index contributed by atoms with van der Waals surface area (Å²) < 4.78 is 6.24. The zero-order valence-electron chi connectivity index (χ0n) is 8.30. The minimum Gasteiger partial charge on any atom is -0.495 e. The molecule has 74 valence electrons. The summed E-state index contributed by atoms with van der Waals surface area (Å²) in [5, 5.41) is 8.55. The van der Waals surface area contributed by atoms with Gasteiger partial charge in [0.2, 0.25) is 0 Å². The third-order valence-corrected chi connectivity index (χ3v) is 2.76. The second-order valence-corrected chi connectivity index (χ2v) is 3.89. The molecule has 14 heavy (non-hydrogen) atoms. The molecule has 0 aliphatic rings. The summed E-state index contributed by atoms with van der Waals surface area (Å²) in [5.41, 5.74) is 2.28. The van der Waals surface area contributed by atoms with Crippen molar-refractivity contribution in [3.8, 4) is 11.8 Å². The van der Waals surface area contributed by atoms with Gasteiger partial charge in [-0.25, -0.2) is 0 Å². The van der Waals surface area contributed by atoms with Crippen molar-refractivity contribution in [3.63, 3.8) is 0 Å². The average molecular weight is 254 g/mol. The molecule has 0 aliphatic carbocycles. The van der Waals surface area contributed by atoms with Crippen LogP contribution in [0.25, 0.3) is 0 Å². The van der Waals surface area contributed by atoms with Gasteiger partial charge in [0, 0.05) is 6.42 Å². The van der Waals surface area contributed by atoms with Crippen LogP contribution in [0, 0.1) is 18.3 Å². The van der Waals surface area contributed by atoms with E-state index >= 15 is 0 Å². The van der Waals surface area contributed by atoms with Crippen LogP contribution in [0.2, 0.25) is 0 Å². The molecule has 2 nitrogen and oxygen atoms in total. The van der Waals surface area contributed by atoms with Gasteiger partial charge in [-0.2, -0.15) is 5.26 Å². The average Bonchev–Trinajstić information content (AvgIpc) is 2.19. The Kier molecular flexibility index (Phi) is 3.97. The quantitative estimate of drug-likeness (QED) is 0.829. The van der Waals surface area contributed by atoms with Gasteiger partial charge in [-0.05, 0) is 46.5 Å². The molecule has 3 heteroatoms. The molecule has 0 saturated carbocycles. The topological polar surface area (TPSA) is 33.0 Å². The van der Waals surface area contributed by atoms with E-state index in [4.69, 9.17) is 10.00 Å². The summed E-state index contributed by atoms with van der Waals surface area (Å²) in [4.78, 5) is 0. The summed E-state index contributed by atoms with van der Waals surface area (Å²) in [6.45, 7) is 2.03. The molecule has 0 N–H and O–H groups in total. The van der Waals surface area contributed by atoms with Crippen LogP contribution in [-0.2, 0) is 6.42 Å². The van der Waals surface area contributed by atoms with Crippen LogP contribution in [0.5, 0.6) is 5.75 Å². The van der Waals surface area contributed by atoms with Crippen LogP contribution in [0.15, 0.2) is 16.6 Å². The van der Waals surface area contributed by atoms with Crippen molar-refractivity contribution in [1.82, 2.24) is 0 Å². The number of benzene rings is 1. The van der Waals surface area contributed by atoms with E-state index in [-0.39, 0.29) is 0 Å². The molecule has 0 fully saturated rings. The second kappa shape index (κ2) is 5.02. The third-order valence-electron chi connectivity index (χ3n) is 2.14. The highest BCUT2D eigenvalue weighted by atomic mass is 79.9. The molecule has 0 spiro atoms. The van der Waals surface area contributed by atoms with Gasteiger partial charge < -0.3 is 4.74 Å². The highest BCUT2D eigenvalue weighted by molar-refractivity contribution is 9.10. The van der Waals surface area contributed by atoms with E-state index in [0.717, 1.165) is 22.2 Å². The Morgan fingerprint density at radius 3 is 2.79 bits per heavy atom. The minimum atomic E-state index is 0.521. The summed E-state index contributed by atoms with van der Waals surface area (Å²) in [5.74, 6) is 0.847. The fraction of sp³-hybridized carbons (Fsp3) is 0.364. The zero-order chi connectivity index (χ0) is 10.6. The second-order valence-electron chi connectivity index (χ2n) is 3.03. The van der Waals surface area contributed by atoms with E-state index in [0.29, 0.717) is 6.42 Å². The Balaban J connectivity index is 3.10. The van der Waals surface area contributed by atoms with Gasteiger partial charge in [0.25, 0.3) is 0 Å². The van der Waals surface area contributed by atoms with Gasteiger partial charge in [0.15, 0.2) is 0 Å². The van der Waals surface area contributed by atoms with Gasteiger partial charge in [-0.15, -0.1) is 0 Å². The summed E-state index contributed by atoms with van der Waals surface area (Å²) in [6.07, 6.45) is 1.26. The van der Waals surface area contributed by atoms with E-state index in [1.807, 2.05) is 19.1 Å². The van der Waals surface area contributed by atoms with Crippen molar-refractivity contribution >= 4 is 15.9 Å². The maximum Gasteiger partial charge on any atom is 0.136 e. The summed E-state index contributed by atoms with van der Waals surface area (Å²) in [6, 6.07) is 6.13. The molecular formula is C11H12BrNO. The fourth-order valence-corrected chi connectivity index (χ4v) is 1.94. The van der Waals surface area contributed by atoms with Crippen LogP contribution in [0.3, 0.4) is 0 Å². The lowest BCUT2D eigenvalue weighted by Gasteiger charge is -2.11. The first-order valence-corrected chi connectivity index (χ1v) is 5.19. The van der Waals surface area contributed by atoms with Crippen LogP contribution >= 0.6 is 15.9 Å². The van der Waals surface area contributed by atoms with Crippen LogP contribution in [0.4, 0.5) is 0 Å². The minimum absolute atomic E-state index is 0.521. The number of ether oxygens (including phenoxy) is 1. The van der Waals surface area contributed by atoms with Crippen LogP contribution < -0.4 is 4.74 Å². The number of nitrogens with zero attached hydrogens (tertiary/aromatic N) is 1. The van der Waals surface area contributed by atoms with Crippen LogP contribution in [-0.4, -0.2) is 7.11 Å². The lowest BCUT2D eigenvalue weighted by Crippen LogP contribution is -1.96. The smallest absolute Gasteiger partial charge is 0.136 e. The van der Waals surface area contributed by atoms with E-state index in [2.05, 4.69) is 22.0 Å². The molecule has 1 aromatic rings. The number of aryl methyl sites for hydroxylation is 1. The van der Waals surface area contributed by atoms with Crippen LogP contribution in [0.1, 0.15) is 17.5 Å². The molecule has 0 aromatic heterocycles. The molecule has 0 aliphatic heterocycles. The van der Waals surface area contributed by atoms with Crippen molar-refractivity contribution < 1.29 is 4.74 Å². The number of halogens is 1. The van der Waals surface area contributed by atoms with E-state index in [1.54, 1.807) is 7.11 Å². The summed E-state index contributed by atoms with van der Waals surface area (Å²) in [7, 11) is 1.65. The van der Waals surface area contributed by atoms with Gasteiger partial charge in [0.1, 0.15) is 5.75 Å². The summed E-state index contributed by atoms with van der Waals surface area (Å²) >= 11 is 3.43. The molecule has 0 saturated heterocycles. The molecular weight excluding hydrogens is 242 g/mol. The Hall–Kier alpha value is -1.01. The van der Waals surface area contributed by atoms with E-state index in [1.165, 1.54) is 5.56 Å². The maximum atomic E-state index is 8.55. The standard InChI is InChI=1S/C11H12BrNO/c1-8-5-6-10(12)11(14-2)9(8)4-3-7-13/h5-6H,3-4H2,1-2H3. The van der Waals surface area contributed by atoms with Crippen molar-refractivity contribution in [3.05, 3.63) is 27.7 Å². The molecule has 1 aromatic carbocycles. The largest absolute Gasteiger partial charge is 0.495 e. The van der Waals surface area contributed by atoms with Crippen molar-refractivity contribution in [2.24, 2.45) is 0 Å². The molecule has 0 unspecified atom stereocenters. The number of rotatable bonds is 3. The van der Waals surface area contributed by atoms with Crippen molar-refractivity contribution in [1.29, 1.82) is 5.26 Å². The molecule has 0 radical (unpaired) electrons. The normalized spacial score (nSPS) is 9.57. The Morgan fingerprint density at radius 1 is 1.50 bits per heavy atom. The first-order valence-electron chi connectivity index (χ1n) is 4.39. The van der Waals surface area contributed by atoms with E-state index in [9.17, 15) is 0 Å². The zero-order valence-corrected chi connectivity index (χ0v) is 9.89. The fourth-order valence-electron chi connectivity index (χ4n) is 1.41. The van der Waals surface area contributed by atoms with Crippen molar-refractivity contribution in [2.45, 2.75) is 19.8 Å². The number of nitriles is 1. The van der Waals surface area contributed by atoms with Crippen molar-refractivity contribution in [2.75, 3.05) is 7.11 Å². The SMILES string of the molecule is COc1c(Br)ccc(C)c1CCC#N. The van der Waals surface area contributed by atoms with Gasteiger partial charge >= 0.3 is 0 Å². The maximum absolute atomic E-state index is 8.55. The number of methoxy groups -OCH3 is 1. The Bertz CT molecular complexity index is 368. The number of hydrogen-bond acceptors (Lipinski definition) is 2.